The molecule has 33 heavy (non-hydrogen) atoms. The smallest absolute Gasteiger partial charge is 0.265 e. The number of carbonyl (C=O) groups excluding carboxylic acids is 4. The summed E-state index contributed by atoms with van der Waals surface area (Å²) in [7, 11) is 0. The van der Waals surface area contributed by atoms with Crippen LogP contribution >= 0.6 is 11.3 Å². The molecule has 1 atom stereocenters. The molecule has 0 aliphatic carbocycles. The Morgan fingerprint density at radius 3 is 2.55 bits per heavy atom. The van der Waals surface area contributed by atoms with Gasteiger partial charge in [-0.2, -0.15) is 0 Å². The Kier molecular flexibility index (Phi) is 4.94. The molecular formula is C23H18N4O5S. The number of hydrogen-bond donors (Lipinski definition) is 2. The number of carbonyl (C=O) groups is 4. The van der Waals surface area contributed by atoms with Crippen molar-refractivity contribution in [3.8, 4) is 17.0 Å². The molecule has 3 aromatic rings. The standard InChI is InChI=1S/C23H18N4O5S/c1-11-20(29)24-16-9-13(7-8-17(16)32-11)19-12(2)33-23(26-19)25-18(28)10-27-21(30)14-5-3-4-6-15(14)22(27)31/h3-9,11H,10H2,1-2H3,(H,24,29)(H,25,26,28). The summed E-state index contributed by atoms with van der Waals surface area (Å²) in [6.07, 6.45) is -0.562. The van der Waals surface area contributed by atoms with E-state index < -0.39 is 30.4 Å². The van der Waals surface area contributed by atoms with Gasteiger partial charge >= 0.3 is 0 Å². The lowest BCUT2D eigenvalue weighted by molar-refractivity contribution is -0.122. The van der Waals surface area contributed by atoms with Crippen LogP contribution in [0, 0.1) is 6.92 Å². The van der Waals surface area contributed by atoms with Crippen molar-refractivity contribution in [1.29, 1.82) is 0 Å². The average molecular weight is 462 g/mol. The van der Waals surface area contributed by atoms with Gasteiger partial charge in [0.25, 0.3) is 17.7 Å². The molecular weight excluding hydrogens is 444 g/mol. The number of aryl methyl sites for hydroxylation is 1. The maximum Gasteiger partial charge on any atom is 0.265 e. The van der Waals surface area contributed by atoms with Gasteiger partial charge in [-0.15, -0.1) is 11.3 Å². The zero-order chi connectivity index (χ0) is 23.3. The number of thiazole rings is 1. The average Bonchev–Trinajstić information content (AvgIpc) is 3.27. The van der Waals surface area contributed by atoms with Crippen molar-refractivity contribution in [2.75, 3.05) is 17.2 Å². The predicted molar refractivity (Wildman–Crippen MR) is 121 cm³/mol. The Bertz CT molecular complexity index is 1310. The number of nitrogens with one attached hydrogen (secondary N) is 2. The monoisotopic (exact) mass is 462 g/mol. The molecule has 1 aromatic heterocycles. The third-order valence-corrected chi connectivity index (χ3v) is 6.29. The molecule has 2 aromatic carbocycles. The zero-order valence-corrected chi connectivity index (χ0v) is 18.5. The Morgan fingerprint density at radius 2 is 1.85 bits per heavy atom. The quantitative estimate of drug-likeness (QED) is 0.576. The van der Waals surface area contributed by atoms with E-state index in [1.54, 1.807) is 43.3 Å². The second-order valence-corrected chi connectivity index (χ2v) is 8.88. The van der Waals surface area contributed by atoms with Crippen LogP contribution in [0.25, 0.3) is 11.3 Å². The molecule has 0 radical (unpaired) electrons. The highest BCUT2D eigenvalue weighted by Crippen LogP contribution is 2.37. The highest BCUT2D eigenvalue weighted by molar-refractivity contribution is 7.16. The lowest BCUT2D eigenvalue weighted by atomic mass is 10.1. The Labute approximate surface area is 192 Å². The molecule has 9 nitrogen and oxygen atoms in total. The Hall–Kier alpha value is -4.05. The fourth-order valence-corrected chi connectivity index (χ4v) is 4.61. The summed E-state index contributed by atoms with van der Waals surface area (Å²) in [5.74, 6) is -1.15. The summed E-state index contributed by atoms with van der Waals surface area (Å²) in [4.78, 5) is 55.7. The van der Waals surface area contributed by atoms with Gasteiger partial charge in [0.2, 0.25) is 5.91 Å². The van der Waals surface area contributed by atoms with Gasteiger partial charge in [0.1, 0.15) is 12.3 Å². The number of hydrogen-bond acceptors (Lipinski definition) is 7. The molecule has 166 valence electrons. The van der Waals surface area contributed by atoms with Crippen molar-refractivity contribution in [2.24, 2.45) is 0 Å². The number of rotatable bonds is 4. The molecule has 2 aliphatic heterocycles. The van der Waals surface area contributed by atoms with E-state index in [2.05, 4.69) is 15.6 Å². The lowest BCUT2D eigenvalue weighted by Crippen LogP contribution is -2.37. The topological polar surface area (TPSA) is 118 Å². The van der Waals surface area contributed by atoms with E-state index in [0.29, 0.717) is 33.4 Å². The molecule has 10 heteroatoms. The van der Waals surface area contributed by atoms with Crippen LogP contribution in [0.4, 0.5) is 10.8 Å². The number of anilines is 2. The maximum atomic E-state index is 12.6. The highest BCUT2D eigenvalue weighted by Gasteiger charge is 2.36. The van der Waals surface area contributed by atoms with Gasteiger partial charge < -0.3 is 15.4 Å². The largest absolute Gasteiger partial charge is 0.479 e. The molecule has 4 amide bonds. The first kappa shape index (κ1) is 20.8. The van der Waals surface area contributed by atoms with Crippen molar-refractivity contribution in [3.63, 3.8) is 0 Å². The number of amides is 4. The number of ether oxygens (including phenoxy) is 1. The van der Waals surface area contributed by atoms with Crippen LogP contribution < -0.4 is 15.4 Å². The minimum absolute atomic E-state index is 0.226. The normalized spacial score (nSPS) is 16.7. The fourth-order valence-electron chi connectivity index (χ4n) is 3.76. The summed E-state index contributed by atoms with van der Waals surface area (Å²) in [5.41, 5.74) is 2.54. The Balaban J connectivity index is 1.31. The van der Waals surface area contributed by atoms with E-state index in [4.69, 9.17) is 4.74 Å². The number of benzene rings is 2. The lowest BCUT2D eigenvalue weighted by Gasteiger charge is -2.23. The number of nitrogens with zero attached hydrogens (tertiary/aromatic N) is 2. The molecule has 0 fully saturated rings. The number of imide groups is 1. The third kappa shape index (κ3) is 3.64. The second-order valence-electron chi connectivity index (χ2n) is 7.67. The van der Waals surface area contributed by atoms with Crippen molar-refractivity contribution >= 4 is 45.8 Å². The van der Waals surface area contributed by atoms with E-state index in [0.717, 1.165) is 15.3 Å². The molecule has 5 rings (SSSR count). The molecule has 2 aliphatic rings. The van der Waals surface area contributed by atoms with Crippen molar-refractivity contribution < 1.29 is 23.9 Å². The first-order chi connectivity index (χ1) is 15.8. The van der Waals surface area contributed by atoms with Gasteiger partial charge in [0, 0.05) is 10.4 Å². The van der Waals surface area contributed by atoms with Gasteiger partial charge in [-0.3, -0.25) is 24.1 Å². The number of fused-ring (bicyclic) bond motifs is 2. The minimum Gasteiger partial charge on any atom is -0.479 e. The van der Waals surface area contributed by atoms with Crippen LogP contribution in [-0.4, -0.2) is 46.2 Å². The summed E-state index contributed by atoms with van der Waals surface area (Å²) < 4.78 is 5.58. The van der Waals surface area contributed by atoms with Crippen LogP contribution in [-0.2, 0) is 9.59 Å². The van der Waals surface area contributed by atoms with Crippen molar-refractivity contribution in [2.45, 2.75) is 20.0 Å². The second kappa shape index (κ2) is 7.82. The fraction of sp³-hybridized carbons (Fsp3) is 0.174. The minimum atomic E-state index is -0.562. The van der Waals surface area contributed by atoms with Gasteiger partial charge in [-0.1, -0.05) is 12.1 Å². The molecule has 0 bridgehead atoms. The molecule has 3 heterocycles. The van der Waals surface area contributed by atoms with E-state index in [1.807, 2.05) is 13.0 Å². The van der Waals surface area contributed by atoms with Gasteiger partial charge in [-0.25, -0.2) is 4.98 Å². The first-order valence-corrected chi connectivity index (χ1v) is 11.0. The van der Waals surface area contributed by atoms with Crippen LogP contribution in [0.15, 0.2) is 42.5 Å². The van der Waals surface area contributed by atoms with E-state index >= 15 is 0 Å². The van der Waals surface area contributed by atoms with Crippen LogP contribution in [0.5, 0.6) is 5.75 Å². The molecule has 2 N–H and O–H groups in total. The zero-order valence-electron chi connectivity index (χ0n) is 17.7. The maximum absolute atomic E-state index is 12.6. The van der Waals surface area contributed by atoms with Crippen molar-refractivity contribution in [3.05, 3.63) is 58.5 Å². The van der Waals surface area contributed by atoms with Gasteiger partial charge in [0.05, 0.1) is 22.5 Å². The van der Waals surface area contributed by atoms with Gasteiger partial charge in [-0.05, 0) is 44.2 Å². The van der Waals surface area contributed by atoms with E-state index in [1.165, 1.54) is 11.3 Å². The summed E-state index contributed by atoms with van der Waals surface area (Å²) >= 11 is 1.27. The molecule has 1 unspecified atom stereocenters. The summed E-state index contributed by atoms with van der Waals surface area (Å²) in [6, 6.07) is 11.8. The van der Waals surface area contributed by atoms with Gasteiger partial charge in [0.15, 0.2) is 11.2 Å². The van der Waals surface area contributed by atoms with E-state index in [-0.39, 0.29) is 5.91 Å². The highest BCUT2D eigenvalue weighted by atomic mass is 32.1. The Morgan fingerprint density at radius 1 is 1.15 bits per heavy atom. The molecule has 0 saturated heterocycles. The SMILES string of the molecule is Cc1sc(NC(=O)CN2C(=O)c3ccccc3C2=O)nc1-c1ccc2c(c1)NC(=O)C(C)O2. The summed E-state index contributed by atoms with van der Waals surface area (Å²) in [5, 5.41) is 5.82. The van der Waals surface area contributed by atoms with Crippen LogP contribution in [0.2, 0.25) is 0 Å². The van der Waals surface area contributed by atoms with Crippen molar-refractivity contribution in [1.82, 2.24) is 9.88 Å². The molecule has 0 saturated carbocycles. The number of aromatic nitrogens is 1. The van der Waals surface area contributed by atoms with Crippen LogP contribution in [0.1, 0.15) is 32.5 Å². The third-order valence-electron chi connectivity index (χ3n) is 5.41. The first-order valence-electron chi connectivity index (χ1n) is 10.2. The van der Waals surface area contributed by atoms with Crippen LogP contribution in [0.3, 0.4) is 0 Å². The predicted octanol–water partition coefficient (Wildman–Crippen LogP) is 3.07. The summed E-state index contributed by atoms with van der Waals surface area (Å²) in [6.45, 7) is 3.14. The van der Waals surface area contributed by atoms with E-state index in [9.17, 15) is 19.2 Å². The molecule has 0 spiro atoms.